The monoisotopic (exact) mass is 319 g/mol. The summed E-state index contributed by atoms with van der Waals surface area (Å²) < 4.78 is 0. The molecule has 24 heavy (non-hydrogen) atoms. The van der Waals surface area contributed by atoms with Crippen LogP contribution in [-0.2, 0) is 0 Å². The van der Waals surface area contributed by atoms with E-state index in [2.05, 4.69) is 36.3 Å². The molecule has 0 saturated carbocycles. The van der Waals surface area contributed by atoms with E-state index in [4.69, 9.17) is 5.73 Å². The molecule has 1 amide bonds. The first kappa shape index (κ1) is 16.0. The Morgan fingerprint density at radius 2 is 1.88 bits per heavy atom. The first-order valence-corrected chi connectivity index (χ1v) is 7.99. The van der Waals surface area contributed by atoms with Crippen molar-refractivity contribution in [1.29, 1.82) is 0 Å². The normalized spacial score (nSPS) is 12.1. The number of nitrogens with one attached hydrogen (secondary N) is 1. The summed E-state index contributed by atoms with van der Waals surface area (Å²) in [6.07, 6.45) is 0. The maximum absolute atomic E-state index is 11.7. The van der Waals surface area contributed by atoms with Crippen LogP contribution in [0.15, 0.2) is 48.5 Å². The summed E-state index contributed by atoms with van der Waals surface area (Å²) in [7, 11) is 0. The third-order valence-electron chi connectivity index (χ3n) is 4.26. The summed E-state index contributed by atoms with van der Waals surface area (Å²) in [5.74, 6) is -0.461. The zero-order chi connectivity index (χ0) is 17.3. The molecule has 0 aliphatic heterocycles. The molecule has 0 spiro atoms. The molecule has 0 aliphatic rings. The lowest BCUT2D eigenvalue weighted by Crippen LogP contribution is -2.13. The van der Waals surface area contributed by atoms with Crippen molar-refractivity contribution in [2.45, 2.75) is 26.8 Å². The van der Waals surface area contributed by atoms with Gasteiger partial charge in [0.25, 0.3) is 5.91 Å². The number of nitrogens with zero attached hydrogens (tertiary/aromatic N) is 1. The van der Waals surface area contributed by atoms with Crippen molar-refractivity contribution >= 4 is 22.5 Å². The average molecular weight is 319 g/mol. The molecular formula is C20H21N3O. The fourth-order valence-electron chi connectivity index (χ4n) is 3.08. The summed E-state index contributed by atoms with van der Waals surface area (Å²) in [6.45, 7) is 6.15. The van der Waals surface area contributed by atoms with Crippen molar-refractivity contribution in [2.75, 3.05) is 5.32 Å². The van der Waals surface area contributed by atoms with Gasteiger partial charge in [0.2, 0.25) is 0 Å². The molecule has 3 aromatic rings. The number of carbonyl (C=O) groups excluding carboxylic acids is 1. The van der Waals surface area contributed by atoms with Crippen molar-refractivity contribution in [3.63, 3.8) is 0 Å². The Morgan fingerprint density at radius 1 is 1.12 bits per heavy atom. The Morgan fingerprint density at radius 3 is 2.58 bits per heavy atom. The maximum Gasteiger partial charge on any atom is 0.250 e. The van der Waals surface area contributed by atoms with Crippen LogP contribution in [0.25, 0.3) is 10.9 Å². The molecule has 1 aromatic heterocycles. The zero-order valence-electron chi connectivity index (χ0n) is 14.1. The van der Waals surface area contributed by atoms with Gasteiger partial charge in [0.05, 0.1) is 11.1 Å². The van der Waals surface area contributed by atoms with Crippen LogP contribution in [-0.4, -0.2) is 10.9 Å². The number of hydrogen-bond donors (Lipinski definition) is 2. The van der Waals surface area contributed by atoms with Gasteiger partial charge < -0.3 is 11.1 Å². The lowest BCUT2D eigenvalue weighted by molar-refractivity contribution is 0.100. The van der Waals surface area contributed by atoms with E-state index in [9.17, 15) is 4.79 Å². The summed E-state index contributed by atoms with van der Waals surface area (Å²) in [4.78, 5) is 16.2. The van der Waals surface area contributed by atoms with Crippen LogP contribution in [0.5, 0.6) is 0 Å². The molecule has 1 atom stereocenters. The highest BCUT2D eigenvalue weighted by atomic mass is 16.1. The second kappa shape index (κ2) is 6.32. The molecule has 0 bridgehead atoms. The fourth-order valence-corrected chi connectivity index (χ4v) is 3.08. The van der Waals surface area contributed by atoms with Crippen LogP contribution >= 0.6 is 0 Å². The minimum Gasteiger partial charge on any atom is -0.378 e. The molecule has 3 N–H and O–H groups in total. The predicted octanol–water partition coefficient (Wildman–Crippen LogP) is 4.12. The molecule has 0 aliphatic carbocycles. The Bertz CT molecular complexity index is 918. The van der Waals surface area contributed by atoms with Gasteiger partial charge in [-0.3, -0.25) is 9.78 Å². The van der Waals surface area contributed by atoms with Gasteiger partial charge in [0, 0.05) is 22.8 Å². The first-order valence-electron chi connectivity index (χ1n) is 7.99. The summed E-state index contributed by atoms with van der Waals surface area (Å²) in [5.41, 5.74) is 10.9. The quantitative estimate of drug-likeness (QED) is 0.760. The number of para-hydroxylation sites is 1. The molecule has 122 valence electrons. The van der Waals surface area contributed by atoms with Gasteiger partial charge in [-0.05, 0) is 44.0 Å². The van der Waals surface area contributed by atoms with Gasteiger partial charge in [-0.15, -0.1) is 0 Å². The highest BCUT2D eigenvalue weighted by molar-refractivity contribution is 6.07. The van der Waals surface area contributed by atoms with E-state index in [0.29, 0.717) is 11.1 Å². The predicted molar refractivity (Wildman–Crippen MR) is 98.2 cm³/mol. The minimum atomic E-state index is -0.461. The maximum atomic E-state index is 11.7. The van der Waals surface area contributed by atoms with E-state index in [1.165, 1.54) is 11.1 Å². The largest absolute Gasteiger partial charge is 0.378 e. The Balaban J connectivity index is 2.08. The number of hydrogen-bond acceptors (Lipinski definition) is 3. The third-order valence-corrected chi connectivity index (χ3v) is 4.26. The minimum absolute atomic E-state index is 0.133. The lowest BCUT2D eigenvalue weighted by atomic mass is 10.0. The zero-order valence-corrected chi connectivity index (χ0v) is 14.1. The van der Waals surface area contributed by atoms with Crippen LogP contribution in [0.3, 0.4) is 0 Å². The van der Waals surface area contributed by atoms with E-state index < -0.39 is 5.91 Å². The van der Waals surface area contributed by atoms with Gasteiger partial charge >= 0.3 is 0 Å². The van der Waals surface area contributed by atoms with Crippen LogP contribution < -0.4 is 11.1 Å². The number of rotatable bonds is 4. The van der Waals surface area contributed by atoms with Crippen LogP contribution in [0.2, 0.25) is 0 Å². The number of primary amides is 1. The van der Waals surface area contributed by atoms with E-state index in [0.717, 1.165) is 16.8 Å². The number of aromatic nitrogens is 1. The number of anilines is 1. The Kier molecular flexibility index (Phi) is 4.21. The number of aryl methyl sites for hydroxylation is 2. The number of fused-ring (bicyclic) bond motifs is 1. The van der Waals surface area contributed by atoms with E-state index in [1.54, 1.807) is 6.07 Å². The average Bonchev–Trinajstić information content (AvgIpc) is 2.54. The number of nitrogens with two attached hydrogens (primary N) is 1. The van der Waals surface area contributed by atoms with Crippen LogP contribution in [0.4, 0.5) is 5.69 Å². The molecule has 0 saturated heterocycles. The fraction of sp³-hybridized carbons (Fsp3) is 0.200. The lowest BCUT2D eigenvalue weighted by Gasteiger charge is -2.20. The molecule has 0 unspecified atom stereocenters. The highest BCUT2D eigenvalue weighted by Gasteiger charge is 2.14. The summed E-state index contributed by atoms with van der Waals surface area (Å²) >= 11 is 0. The first-order chi connectivity index (χ1) is 11.5. The van der Waals surface area contributed by atoms with Gasteiger partial charge in [-0.25, -0.2) is 0 Å². The van der Waals surface area contributed by atoms with Crippen molar-refractivity contribution < 1.29 is 4.79 Å². The standard InChI is InChI=1S/C20H21N3O/c1-12-7-4-5-8-15(12)14(3)23-18-11-13(2)22-19-16(18)9-6-10-17(19)20(21)24/h4-11,14H,1-3H3,(H2,21,24)(H,22,23)/t14-/m1/s1. The van der Waals surface area contributed by atoms with Gasteiger partial charge in [0.1, 0.15) is 0 Å². The van der Waals surface area contributed by atoms with Crippen molar-refractivity contribution in [3.8, 4) is 0 Å². The molecule has 0 radical (unpaired) electrons. The number of pyridine rings is 1. The second-order valence-electron chi connectivity index (χ2n) is 6.10. The molecule has 3 rings (SSSR count). The van der Waals surface area contributed by atoms with Gasteiger partial charge in [-0.2, -0.15) is 0 Å². The SMILES string of the molecule is Cc1cc(N[C@H](C)c2ccccc2C)c2cccc(C(N)=O)c2n1. The molecule has 2 aromatic carbocycles. The van der Waals surface area contributed by atoms with E-state index in [1.807, 2.05) is 37.3 Å². The van der Waals surface area contributed by atoms with Crippen molar-refractivity contribution in [3.05, 3.63) is 70.9 Å². The Labute approximate surface area is 141 Å². The molecule has 0 fully saturated rings. The van der Waals surface area contributed by atoms with Crippen LogP contribution in [0.1, 0.15) is 40.1 Å². The number of benzene rings is 2. The summed E-state index contributed by atoms with van der Waals surface area (Å²) in [5, 5.41) is 4.46. The van der Waals surface area contributed by atoms with Gasteiger partial charge in [-0.1, -0.05) is 36.4 Å². The topological polar surface area (TPSA) is 68.0 Å². The second-order valence-corrected chi connectivity index (χ2v) is 6.10. The molecule has 1 heterocycles. The molecular weight excluding hydrogens is 298 g/mol. The molecule has 4 nitrogen and oxygen atoms in total. The van der Waals surface area contributed by atoms with Crippen molar-refractivity contribution in [2.24, 2.45) is 5.73 Å². The van der Waals surface area contributed by atoms with E-state index >= 15 is 0 Å². The van der Waals surface area contributed by atoms with Gasteiger partial charge in [0.15, 0.2) is 0 Å². The summed E-state index contributed by atoms with van der Waals surface area (Å²) in [6, 6.07) is 16.0. The van der Waals surface area contributed by atoms with E-state index in [-0.39, 0.29) is 6.04 Å². The van der Waals surface area contributed by atoms with Crippen LogP contribution in [0, 0.1) is 13.8 Å². The number of amides is 1. The highest BCUT2D eigenvalue weighted by Crippen LogP contribution is 2.29. The number of carbonyl (C=O) groups is 1. The smallest absolute Gasteiger partial charge is 0.250 e. The van der Waals surface area contributed by atoms with Crippen molar-refractivity contribution in [1.82, 2.24) is 4.98 Å². The Hall–Kier alpha value is -2.88. The third kappa shape index (κ3) is 2.95. The molecule has 4 heteroatoms.